The normalized spacial score (nSPS) is 11.2. The highest BCUT2D eigenvalue weighted by Crippen LogP contribution is 2.18. The molecule has 0 fully saturated rings. The zero-order chi connectivity index (χ0) is 22.9. The van der Waals surface area contributed by atoms with E-state index in [0.29, 0.717) is 28.4 Å². The first-order chi connectivity index (χ1) is 16.0. The van der Waals surface area contributed by atoms with Gasteiger partial charge in [-0.25, -0.2) is 14.3 Å². The Bertz CT molecular complexity index is 1580. The Morgan fingerprint density at radius 1 is 0.848 bits per heavy atom. The van der Waals surface area contributed by atoms with Crippen molar-refractivity contribution in [3.05, 3.63) is 128 Å². The second kappa shape index (κ2) is 8.56. The van der Waals surface area contributed by atoms with Gasteiger partial charge in [-0.3, -0.25) is 9.36 Å². The Hall–Kier alpha value is -3.90. The summed E-state index contributed by atoms with van der Waals surface area (Å²) in [5.74, 6) is 0. The lowest BCUT2D eigenvalue weighted by atomic mass is 10.2. The zero-order valence-corrected chi connectivity index (χ0v) is 18.7. The van der Waals surface area contributed by atoms with Gasteiger partial charge in [-0.05, 0) is 41.8 Å². The quantitative estimate of drug-likeness (QED) is 0.393. The van der Waals surface area contributed by atoms with E-state index in [1.165, 1.54) is 9.13 Å². The molecule has 33 heavy (non-hydrogen) atoms. The lowest BCUT2D eigenvalue weighted by Gasteiger charge is -2.14. The van der Waals surface area contributed by atoms with Gasteiger partial charge in [-0.15, -0.1) is 0 Å². The van der Waals surface area contributed by atoms with Crippen molar-refractivity contribution in [1.29, 1.82) is 0 Å². The Morgan fingerprint density at radius 3 is 2.33 bits per heavy atom. The molecule has 5 aromatic rings. The molecule has 0 saturated heterocycles. The lowest BCUT2D eigenvalue weighted by Crippen LogP contribution is -2.40. The van der Waals surface area contributed by atoms with Crippen molar-refractivity contribution in [2.45, 2.75) is 20.0 Å². The highest BCUT2D eigenvalue weighted by Gasteiger charge is 2.20. The van der Waals surface area contributed by atoms with Gasteiger partial charge < -0.3 is 4.57 Å². The number of hydrogen-bond acceptors (Lipinski definition) is 3. The van der Waals surface area contributed by atoms with Crippen LogP contribution in [0.1, 0.15) is 16.7 Å². The van der Waals surface area contributed by atoms with Crippen molar-refractivity contribution in [2.75, 3.05) is 0 Å². The molecule has 0 spiro atoms. The van der Waals surface area contributed by atoms with Gasteiger partial charge in [0.05, 0.1) is 18.6 Å². The summed E-state index contributed by atoms with van der Waals surface area (Å²) in [6.45, 7) is 2.51. The second-order valence-corrected chi connectivity index (χ2v) is 8.39. The molecule has 0 aliphatic carbocycles. The van der Waals surface area contributed by atoms with Crippen molar-refractivity contribution in [2.24, 2.45) is 0 Å². The molecule has 0 saturated carbocycles. The highest BCUT2D eigenvalue weighted by molar-refractivity contribution is 6.30. The first-order valence-corrected chi connectivity index (χ1v) is 11.0. The zero-order valence-electron chi connectivity index (χ0n) is 18.0. The number of aromatic nitrogens is 4. The first-order valence-electron chi connectivity index (χ1n) is 10.6. The largest absolute Gasteiger partial charge is 0.337 e. The average Bonchev–Trinajstić information content (AvgIpc) is 3.22. The van der Waals surface area contributed by atoms with Gasteiger partial charge in [0.2, 0.25) is 0 Å². The molecule has 0 bridgehead atoms. The molecule has 164 valence electrons. The van der Waals surface area contributed by atoms with Gasteiger partial charge in [-0.1, -0.05) is 72.3 Å². The smallest absolute Gasteiger partial charge is 0.320 e. The summed E-state index contributed by atoms with van der Waals surface area (Å²) in [7, 11) is 0. The molecular formula is C26H21ClN4O2. The van der Waals surface area contributed by atoms with Crippen LogP contribution in [0.5, 0.6) is 0 Å². The number of rotatable bonds is 5. The predicted octanol–water partition coefficient (Wildman–Crippen LogP) is 4.41. The number of halogens is 1. The van der Waals surface area contributed by atoms with Crippen molar-refractivity contribution in [1.82, 2.24) is 18.7 Å². The van der Waals surface area contributed by atoms with Crippen LogP contribution in [0, 0.1) is 6.92 Å². The molecule has 2 heterocycles. The molecule has 6 nitrogen and oxygen atoms in total. The number of aryl methyl sites for hydroxylation is 1. The number of fused-ring (bicyclic) bond motifs is 1. The van der Waals surface area contributed by atoms with E-state index in [9.17, 15) is 9.59 Å². The Labute approximate surface area is 195 Å². The molecule has 0 N–H and O–H groups in total. The maximum absolute atomic E-state index is 13.6. The molecule has 0 aliphatic heterocycles. The maximum atomic E-state index is 13.6. The van der Waals surface area contributed by atoms with Crippen molar-refractivity contribution >= 4 is 22.8 Å². The van der Waals surface area contributed by atoms with E-state index in [2.05, 4.69) is 4.98 Å². The molecule has 0 unspecified atom stereocenters. The molecule has 5 rings (SSSR count). The Morgan fingerprint density at radius 2 is 1.58 bits per heavy atom. The van der Waals surface area contributed by atoms with Gasteiger partial charge in [0.1, 0.15) is 0 Å². The molecule has 0 atom stereocenters. The van der Waals surface area contributed by atoms with Crippen LogP contribution in [-0.4, -0.2) is 18.7 Å². The summed E-state index contributed by atoms with van der Waals surface area (Å²) < 4.78 is 4.59. The van der Waals surface area contributed by atoms with Crippen molar-refractivity contribution in [3.63, 3.8) is 0 Å². The van der Waals surface area contributed by atoms with Gasteiger partial charge in [0, 0.05) is 11.6 Å². The van der Waals surface area contributed by atoms with E-state index in [0.717, 1.165) is 16.7 Å². The fourth-order valence-electron chi connectivity index (χ4n) is 4.07. The van der Waals surface area contributed by atoms with Gasteiger partial charge in [-0.2, -0.15) is 0 Å². The molecule has 0 aliphatic rings. The average molecular weight is 457 g/mol. The van der Waals surface area contributed by atoms with E-state index >= 15 is 0 Å². The van der Waals surface area contributed by atoms with Crippen LogP contribution in [0.2, 0.25) is 5.02 Å². The molecular weight excluding hydrogens is 436 g/mol. The second-order valence-electron chi connectivity index (χ2n) is 7.96. The number of imidazole rings is 1. The molecule has 0 radical (unpaired) electrons. The maximum Gasteiger partial charge on any atom is 0.337 e. The summed E-state index contributed by atoms with van der Waals surface area (Å²) in [5.41, 5.74) is 3.33. The fraction of sp³-hybridized carbons (Fsp3) is 0.115. The van der Waals surface area contributed by atoms with Crippen LogP contribution in [-0.2, 0) is 13.1 Å². The number of para-hydroxylation sites is 1. The van der Waals surface area contributed by atoms with E-state index < -0.39 is 5.69 Å². The van der Waals surface area contributed by atoms with E-state index in [-0.39, 0.29) is 12.1 Å². The fourth-order valence-corrected chi connectivity index (χ4v) is 4.28. The van der Waals surface area contributed by atoms with Crippen molar-refractivity contribution < 1.29 is 0 Å². The summed E-state index contributed by atoms with van der Waals surface area (Å²) in [6.07, 6.45) is 1.61. The Balaban J connectivity index is 1.78. The first kappa shape index (κ1) is 21.0. The SMILES string of the molecule is Cc1ccccc1-n1c(=O)n(Cc2ccccc2)c(=O)c2c1ncn2Cc1cccc(Cl)c1. The molecule has 7 heteroatoms. The third kappa shape index (κ3) is 3.90. The lowest BCUT2D eigenvalue weighted by molar-refractivity contribution is 0.676. The topological polar surface area (TPSA) is 61.8 Å². The third-order valence-corrected chi connectivity index (χ3v) is 5.92. The summed E-state index contributed by atoms with van der Waals surface area (Å²) in [5, 5.41) is 0.621. The van der Waals surface area contributed by atoms with Crippen LogP contribution in [0.25, 0.3) is 16.9 Å². The monoisotopic (exact) mass is 456 g/mol. The van der Waals surface area contributed by atoms with Crippen LogP contribution in [0.3, 0.4) is 0 Å². The summed E-state index contributed by atoms with van der Waals surface area (Å²) >= 11 is 6.16. The van der Waals surface area contributed by atoms with Crippen LogP contribution < -0.4 is 11.2 Å². The van der Waals surface area contributed by atoms with Gasteiger partial charge in [0.15, 0.2) is 11.2 Å². The predicted molar refractivity (Wildman–Crippen MR) is 130 cm³/mol. The molecule has 0 amide bonds. The molecule has 2 aromatic heterocycles. The minimum atomic E-state index is -0.418. The van der Waals surface area contributed by atoms with E-state index in [1.807, 2.05) is 79.7 Å². The Kier molecular flexibility index (Phi) is 5.44. The van der Waals surface area contributed by atoms with E-state index in [1.54, 1.807) is 17.0 Å². The summed E-state index contributed by atoms with van der Waals surface area (Å²) in [4.78, 5) is 31.8. The van der Waals surface area contributed by atoms with Crippen LogP contribution in [0.4, 0.5) is 0 Å². The number of benzene rings is 3. The third-order valence-electron chi connectivity index (χ3n) is 5.68. The van der Waals surface area contributed by atoms with Crippen LogP contribution >= 0.6 is 11.6 Å². The number of nitrogens with zero attached hydrogens (tertiary/aromatic N) is 4. The number of hydrogen-bond donors (Lipinski definition) is 0. The van der Waals surface area contributed by atoms with Crippen molar-refractivity contribution in [3.8, 4) is 5.69 Å². The minimum Gasteiger partial charge on any atom is -0.320 e. The van der Waals surface area contributed by atoms with Crippen LogP contribution in [0.15, 0.2) is 94.8 Å². The van der Waals surface area contributed by atoms with Gasteiger partial charge >= 0.3 is 5.69 Å². The summed E-state index contributed by atoms with van der Waals surface area (Å²) in [6, 6.07) is 24.5. The van der Waals surface area contributed by atoms with Gasteiger partial charge in [0.25, 0.3) is 5.56 Å². The minimum absolute atomic E-state index is 0.169. The molecule has 3 aromatic carbocycles. The van der Waals surface area contributed by atoms with E-state index in [4.69, 9.17) is 11.6 Å². The highest BCUT2D eigenvalue weighted by atomic mass is 35.5. The standard InChI is InChI=1S/C26H21ClN4O2/c1-18-8-5-6-13-22(18)31-24-23(29(17-28-24)15-20-11-7-12-21(27)14-20)25(32)30(26(31)33)16-19-9-3-2-4-10-19/h2-14,17H,15-16H2,1H3.